The van der Waals surface area contributed by atoms with Crippen LogP contribution in [0.5, 0.6) is 5.75 Å². The number of hydrogen-bond donors (Lipinski definition) is 1. The third kappa shape index (κ3) is 4.78. The van der Waals surface area contributed by atoms with Gasteiger partial charge in [-0.05, 0) is 47.9 Å². The van der Waals surface area contributed by atoms with Gasteiger partial charge in [-0.2, -0.15) is 0 Å². The molecule has 0 radical (unpaired) electrons. The first-order valence-electron chi connectivity index (χ1n) is 8.66. The van der Waals surface area contributed by atoms with Gasteiger partial charge in [0, 0.05) is 17.4 Å². The van der Waals surface area contributed by atoms with Gasteiger partial charge in [0.05, 0.1) is 20.1 Å². The summed E-state index contributed by atoms with van der Waals surface area (Å²) in [6, 6.07) is 16.9. The van der Waals surface area contributed by atoms with Crippen LogP contribution in [0.25, 0.3) is 0 Å². The van der Waals surface area contributed by atoms with Gasteiger partial charge in [-0.1, -0.05) is 30.3 Å². The van der Waals surface area contributed by atoms with E-state index in [-0.39, 0.29) is 11.3 Å². The molecule has 0 bridgehead atoms. The van der Waals surface area contributed by atoms with Gasteiger partial charge in [0.2, 0.25) is 5.28 Å². The van der Waals surface area contributed by atoms with Gasteiger partial charge in [0.25, 0.3) is 0 Å². The number of nitrogens with one attached hydrogen (secondary N) is 1. The molecular weight excluding hydrogens is 378 g/mol. The highest BCUT2D eigenvalue weighted by Crippen LogP contribution is 2.28. The number of carbonyl (C=O) groups is 1. The second-order valence-corrected chi connectivity index (χ2v) is 6.39. The van der Waals surface area contributed by atoms with Gasteiger partial charge >= 0.3 is 5.97 Å². The Morgan fingerprint density at radius 2 is 1.82 bits per heavy atom. The molecule has 6 nitrogen and oxygen atoms in total. The zero-order chi connectivity index (χ0) is 19.9. The SMILES string of the molecule is COC(=O)C(Cc1cnc(Cl)nc1Nc1ccccc1)c1ccc(OC)cc1. The van der Waals surface area contributed by atoms with Crippen LogP contribution >= 0.6 is 11.6 Å². The molecule has 0 fully saturated rings. The van der Waals surface area contributed by atoms with Crippen molar-refractivity contribution in [3.8, 4) is 5.75 Å². The summed E-state index contributed by atoms with van der Waals surface area (Å²) in [6.45, 7) is 0. The van der Waals surface area contributed by atoms with Crippen LogP contribution in [-0.4, -0.2) is 30.2 Å². The Labute approximate surface area is 168 Å². The molecule has 0 aliphatic carbocycles. The Morgan fingerprint density at radius 3 is 2.46 bits per heavy atom. The molecular formula is C21H20ClN3O3. The lowest BCUT2D eigenvalue weighted by molar-refractivity contribution is -0.142. The molecule has 7 heteroatoms. The molecule has 0 amide bonds. The highest BCUT2D eigenvalue weighted by atomic mass is 35.5. The van der Waals surface area contributed by atoms with Crippen molar-refractivity contribution in [2.45, 2.75) is 12.3 Å². The van der Waals surface area contributed by atoms with E-state index >= 15 is 0 Å². The zero-order valence-corrected chi connectivity index (χ0v) is 16.3. The summed E-state index contributed by atoms with van der Waals surface area (Å²) in [6.07, 6.45) is 1.98. The second-order valence-electron chi connectivity index (χ2n) is 6.06. The molecule has 1 heterocycles. The minimum absolute atomic E-state index is 0.126. The van der Waals surface area contributed by atoms with Crippen molar-refractivity contribution in [2.24, 2.45) is 0 Å². The number of aromatic nitrogens is 2. The Bertz CT molecular complexity index is 933. The average molecular weight is 398 g/mol. The third-order valence-electron chi connectivity index (χ3n) is 4.30. The van der Waals surface area contributed by atoms with Crippen LogP contribution in [0.3, 0.4) is 0 Å². The summed E-state index contributed by atoms with van der Waals surface area (Å²) in [7, 11) is 2.97. The van der Waals surface area contributed by atoms with Crippen LogP contribution in [0.15, 0.2) is 60.8 Å². The fraction of sp³-hybridized carbons (Fsp3) is 0.190. The lowest BCUT2D eigenvalue weighted by atomic mass is 9.92. The molecule has 3 aromatic rings. The van der Waals surface area contributed by atoms with Gasteiger partial charge in [0.1, 0.15) is 11.6 Å². The predicted octanol–water partition coefficient (Wildman–Crippen LogP) is 4.38. The second kappa shape index (κ2) is 9.19. The molecule has 0 saturated heterocycles. The molecule has 144 valence electrons. The van der Waals surface area contributed by atoms with Gasteiger partial charge in [-0.15, -0.1) is 0 Å². The average Bonchev–Trinajstić information content (AvgIpc) is 2.73. The van der Waals surface area contributed by atoms with Crippen LogP contribution in [0, 0.1) is 0 Å². The standard InChI is InChI=1S/C21H20ClN3O3/c1-27-17-10-8-14(9-11-17)18(20(26)28-2)12-15-13-23-21(22)25-19(15)24-16-6-4-3-5-7-16/h3-11,13,18H,12H2,1-2H3,(H,23,24,25). The Kier molecular flexibility index (Phi) is 6.45. The molecule has 1 aromatic heterocycles. The van der Waals surface area contributed by atoms with E-state index in [0.29, 0.717) is 18.0 Å². The first-order valence-corrected chi connectivity index (χ1v) is 9.03. The molecule has 3 rings (SSSR count). The fourth-order valence-electron chi connectivity index (χ4n) is 2.84. The lowest BCUT2D eigenvalue weighted by Gasteiger charge is -2.18. The molecule has 0 aliphatic heterocycles. The maximum atomic E-state index is 12.5. The Hall–Kier alpha value is -3.12. The summed E-state index contributed by atoms with van der Waals surface area (Å²) in [4.78, 5) is 20.8. The molecule has 0 aliphatic rings. The number of methoxy groups -OCH3 is 2. The van der Waals surface area contributed by atoms with E-state index in [0.717, 1.165) is 16.8 Å². The molecule has 2 aromatic carbocycles. The molecule has 1 N–H and O–H groups in total. The van der Waals surface area contributed by atoms with Crippen molar-refractivity contribution >= 4 is 29.1 Å². The van der Waals surface area contributed by atoms with E-state index in [9.17, 15) is 4.79 Å². The quantitative estimate of drug-likeness (QED) is 0.471. The highest BCUT2D eigenvalue weighted by molar-refractivity contribution is 6.28. The first-order chi connectivity index (χ1) is 13.6. The number of hydrogen-bond acceptors (Lipinski definition) is 6. The van der Waals surface area contributed by atoms with Crippen molar-refractivity contribution in [2.75, 3.05) is 19.5 Å². The minimum Gasteiger partial charge on any atom is -0.497 e. The van der Waals surface area contributed by atoms with E-state index in [1.54, 1.807) is 13.3 Å². The maximum absolute atomic E-state index is 12.5. The van der Waals surface area contributed by atoms with E-state index in [4.69, 9.17) is 21.1 Å². The summed E-state index contributed by atoms with van der Waals surface area (Å²) in [5, 5.41) is 3.36. The van der Waals surface area contributed by atoms with Crippen molar-refractivity contribution in [1.82, 2.24) is 9.97 Å². The normalized spacial score (nSPS) is 11.5. The number of esters is 1. The third-order valence-corrected chi connectivity index (χ3v) is 4.48. The van der Waals surface area contributed by atoms with Gasteiger partial charge in [-0.3, -0.25) is 4.79 Å². The number of carbonyl (C=O) groups excluding carboxylic acids is 1. The van der Waals surface area contributed by atoms with Crippen LogP contribution in [-0.2, 0) is 16.0 Å². The molecule has 0 saturated carbocycles. The molecule has 1 unspecified atom stereocenters. The fourth-order valence-corrected chi connectivity index (χ4v) is 2.97. The lowest BCUT2D eigenvalue weighted by Crippen LogP contribution is -2.18. The number of anilines is 2. The maximum Gasteiger partial charge on any atom is 0.313 e. The topological polar surface area (TPSA) is 73.3 Å². The number of ether oxygens (including phenoxy) is 2. The predicted molar refractivity (Wildman–Crippen MR) is 108 cm³/mol. The number of para-hydroxylation sites is 1. The van der Waals surface area contributed by atoms with Crippen molar-refractivity contribution in [3.05, 3.63) is 77.2 Å². The van der Waals surface area contributed by atoms with E-state index in [1.165, 1.54) is 7.11 Å². The van der Waals surface area contributed by atoms with E-state index < -0.39 is 5.92 Å². The minimum atomic E-state index is -0.517. The highest BCUT2D eigenvalue weighted by Gasteiger charge is 2.24. The zero-order valence-electron chi connectivity index (χ0n) is 15.6. The van der Waals surface area contributed by atoms with Crippen molar-refractivity contribution in [3.63, 3.8) is 0 Å². The number of rotatable bonds is 7. The number of benzene rings is 2. The van der Waals surface area contributed by atoms with Crippen molar-refractivity contribution < 1.29 is 14.3 Å². The summed E-state index contributed by atoms with van der Waals surface area (Å²) >= 11 is 5.99. The Morgan fingerprint density at radius 1 is 1.11 bits per heavy atom. The molecule has 0 spiro atoms. The van der Waals surface area contributed by atoms with Gasteiger partial charge in [0.15, 0.2) is 0 Å². The molecule has 28 heavy (non-hydrogen) atoms. The van der Waals surface area contributed by atoms with Crippen LogP contribution in [0.2, 0.25) is 5.28 Å². The summed E-state index contributed by atoms with van der Waals surface area (Å²) in [5.41, 5.74) is 2.42. The summed E-state index contributed by atoms with van der Waals surface area (Å²) in [5.74, 6) is 0.407. The van der Waals surface area contributed by atoms with Gasteiger partial charge < -0.3 is 14.8 Å². The molecule has 1 atom stereocenters. The smallest absolute Gasteiger partial charge is 0.313 e. The van der Waals surface area contributed by atoms with Crippen LogP contribution in [0.4, 0.5) is 11.5 Å². The Balaban J connectivity index is 1.92. The number of halogens is 1. The van der Waals surface area contributed by atoms with E-state index in [1.807, 2.05) is 54.6 Å². The first kappa shape index (κ1) is 19.6. The number of nitrogens with zero attached hydrogens (tertiary/aromatic N) is 2. The van der Waals surface area contributed by atoms with E-state index in [2.05, 4.69) is 15.3 Å². The van der Waals surface area contributed by atoms with Gasteiger partial charge in [-0.25, -0.2) is 9.97 Å². The van der Waals surface area contributed by atoms with Crippen LogP contribution in [0.1, 0.15) is 17.0 Å². The summed E-state index contributed by atoms with van der Waals surface area (Å²) < 4.78 is 10.2. The largest absolute Gasteiger partial charge is 0.497 e. The van der Waals surface area contributed by atoms with Crippen LogP contribution < -0.4 is 10.1 Å². The van der Waals surface area contributed by atoms with Crippen molar-refractivity contribution in [1.29, 1.82) is 0 Å². The monoisotopic (exact) mass is 397 g/mol.